The summed E-state index contributed by atoms with van der Waals surface area (Å²) in [4.78, 5) is 5.15. The number of hydrogen-bond acceptors (Lipinski definition) is 2. The fourth-order valence-corrected chi connectivity index (χ4v) is 10.0. The highest BCUT2D eigenvalue weighted by molar-refractivity contribution is 7.26. The summed E-state index contributed by atoms with van der Waals surface area (Å²) in [5.41, 5.74) is 13.4. The lowest BCUT2D eigenvalue weighted by Gasteiger charge is -2.23. The molecule has 0 aliphatic heterocycles. The summed E-state index contributed by atoms with van der Waals surface area (Å²) >= 11 is 1.94. The highest BCUT2D eigenvalue weighted by Crippen LogP contribution is 2.58. The Morgan fingerprint density at radius 3 is 2.06 bits per heavy atom. The van der Waals surface area contributed by atoms with Crippen LogP contribution in [0.5, 0.6) is 0 Å². The largest absolute Gasteiger partial charge is 0.309 e. The molecule has 0 atom stereocenters. The van der Waals surface area contributed by atoms with E-state index in [0.717, 1.165) is 33.8 Å². The molecule has 1 aliphatic rings. The molecule has 0 saturated carbocycles. The summed E-state index contributed by atoms with van der Waals surface area (Å²) in [6.07, 6.45) is 0. The van der Waals surface area contributed by atoms with E-state index >= 15 is 0 Å². The van der Waals surface area contributed by atoms with Crippen molar-refractivity contribution in [1.29, 1.82) is 0 Å². The monoisotopic (exact) mass is 657 g/mol. The lowest BCUT2D eigenvalue weighted by atomic mass is 9.80. The maximum absolute atomic E-state index is 5.15. The Labute approximate surface area is 293 Å². The first kappa shape index (κ1) is 27.9. The first-order chi connectivity index (χ1) is 24.6. The van der Waals surface area contributed by atoms with Gasteiger partial charge in [0.05, 0.1) is 22.1 Å². The molecule has 4 heteroatoms. The number of nitrogens with zero attached hydrogens (tertiary/aromatic N) is 3. The van der Waals surface area contributed by atoms with Crippen LogP contribution in [-0.2, 0) is 5.41 Å². The average Bonchev–Trinajstić information content (AvgIpc) is 3.89. The fourth-order valence-electron chi connectivity index (χ4n) is 8.77. The molecule has 3 heterocycles. The SMILES string of the molecule is CC1(C)c2ccccc2-c2c1c1c3ccccc3n(-c3ccc(-c4nc5ccccc5n4-c4ccccc4)cc3)c1c1c2sc2ccccc21. The maximum atomic E-state index is 5.15. The van der Waals surface area contributed by atoms with Crippen LogP contribution in [-0.4, -0.2) is 14.1 Å². The number of rotatable bonds is 3. The van der Waals surface area contributed by atoms with Crippen LogP contribution >= 0.6 is 11.3 Å². The van der Waals surface area contributed by atoms with E-state index in [1.165, 1.54) is 64.2 Å². The fraction of sp³-hybridized carbons (Fsp3) is 0.0652. The van der Waals surface area contributed by atoms with Crippen molar-refractivity contribution in [1.82, 2.24) is 14.1 Å². The van der Waals surface area contributed by atoms with Crippen LogP contribution in [0.1, 0.15) is 25.0 Å². The number of para-hydroxylation sites is 4. The summed E-state index contributed by atoms with van der Waals surface area (Å²) in [5, 5.41) is 5.33. The summed E-state index contributed by atoms with van der Waals surface area (Å²) in [7, 11) is 0. The Kier molecular flexibility index (Phi) is 5.61. The van der Waals surface area contributed by atoms with Gasteiger partial charge in [-0.15, -0.1) is 11.3 Å². The van der Waals surface area contributed by atoms with Crippen LogP contribution in [0.3, 0.4) is 0 Å². The zero-order valence-corrected chi connectivity index (χ0v) is 28.5. The van der Waals surface area contributed by atoms with E-state index in [0.29, 0.717) is 0 Å². The molecule has 0 saturated heterocycles. The highest BCUT2D eigenvalue weighted by atomic mass is 32.1. The van der Waals surface area contributed by atoms with Crippen LogP contribution < -0.4 is 0 Å². The summed E-state index contributed by atoms with van der Waals surface area (Å²) < 4.78 is 7.50. The molecule has 0 bridgehead atoms. The van der Waals surface area contributed by atoms with Gasteiger partial charge < -0.3 is 4.57 Å². The van der Waals surface area contributed by atoms with Crippen LogP contribution in [0.15, 0.2) is 152 Å². The third-order valence-corrected chi connectivity index (χ3v) is 12.1. The topological polar surface area (TPSA) is 22.8 Å². The molecule has 236 valence electrons. The van der Waals surface area contributed by atoms with Gasteiger partial charge in [0.2, 0.25) is 0 Å². The van der Waals surface area contributed by atoms with Gasteiger partial charge in [-0.1, -0.05) is 105 Å². The minimum atomic E-state index is -0.149. The van der Waals surface area contributed by atoms with E-state index in [4.69, 9.17) is 4.98 Å². The second kappa shape index (κ2) is 10.0. The Morgan fingerprint density at radius 1 is 0.560 bits per heavy atom. The van der Waals surface area contributed by atoms with Crippen LogP contribution in [0, 0.1) is 0 Å². The van der Waals surface area contributed by atoms with Crippen molar-refractivity contribution in [2.45, 2.75) is 19.3 Å². The molecule has 0 spiro atoms. The number of benzene rings is 7. The molecular formula is C46H31N3S. The molecule has 3 nitrogen and oxygen atoms in total. The molecule has 0 unspecified atom stereocenters. The van der Waals surface area contributed by atoms with Crippen LogP contribution in [0.25, 0.3) is 86.9 Å². The smallest absolute Gasteiger partial charge is 0.145 e. The molecule has 11 rings (SSSR count). The van der Waals surface area contributed by atoms with Gasteiger partial charge in [0, 0.05) is 58.9 Å². The first-order valence-corrected chi connectivity index (χ1v) is 18.1. The van der Waals surface area contributed by atoms with E-state index in [2.05, 4.69) is 175 Å². The maximum Gasteiger partial charge on any atom is 0.145 e. The Morgan fingerprint density at radius 2 is 1.22 bits per heavy atom. The third kappa shape index (κ3) is 3.61. The van der Waals surface area contributed by atoms with Gasteiger partial charge in [0.1, 0.15) is 5.82 Å². The standard InChI is InChI=1S/C46H31N3S/c1-46(2)34-19-9-6-16-31(34)40-42(46)39-32-17-7-11-21-36(32)48(43(39)41-33-18-8-13-23-38(33)50-44(40)41)30-26-24-28(25-27-30)45-47-35-20-10-12-22-37(35)49(45)29-14-4-3-5-15-29/h3-27H,1-2H3. The van der Waals surface area contributed by atoms with E-state index in [1.807, 2.05) is 11.3 Å². The number of hydrogen-bond donors (Lipinski definition) is 0. The van der Waals surface area contributed by atoms with E-state index < -0.39 is 0 Å². The Bertz CT molecular complexity index is 2990. The number of fused-ring (bicyclic) bond motifs is 13. The first-order valence-electron chi connectivity index (χ1n) is 17.2. The van der Waals surface area contributed by atoms with Crippen molar-refractivity contribution in [3.63, 3.8) is 0 Å². The molecule has 0 radical (unpaired) electrons. The van der Waals surface area contributed by atoms with Crippen molar-refractivity contribution < 1.29 is 0 Å². The average molecular weight is 658 g/mol. The predicted molar refractivity (Wildman–Crippen MR) is 211 cm³/mol. The van der Waals surface area contributed by atoms with E-state index in [1.54, 1.807) is 0 Å². The van der Waals surface area contributed by atoms with Crippen molar-refractivity contribution in [3.05, 3.63) is 163 Å². The second-order valence-corrected chi connectivity index (χ2v) is 15.0. The molecule has 50 heavy (non-hydrogen) atoms. The number of imidazole rings is 1. The molecule has 10 aromatic rings. The minimum absolute atomic E-state index is 0.149. The quantitative estimate of drug-likeness (QED) is 0.185. The van der Waals surface area contributed by atoms with Crippen molar-refractivity contribution in [2.24, 2.45) is 0 Å². The van der Waals surface area contributed by atoms with Gasteiger partial charge >= 0.3 is 0 Å². The number of aromatic nitrogens is 3. The van der Waals surface area contributed by atoms with Gasteiger partial charge in [0.25, 0.3) is 0 Å². The second-order valence-electron chi connectivity index (χ2n) is 13.9. The molecule has 0 N–H and O–H groups in total. The molecule has 0 fully saturated rings. The normalized spacial score (nSPS) is 13.6. The van der Waals surface area contributed by atoms with Gasteiger partial charge in [0.15, 0.2) is 0 Å². The third-order valence-electron chi connectivity index (χ3n) is 10.9. The Hall–Kier alpha value is -5.97. The van der Waals surface area contributed by atoms with E-state index in [9.17, 15) is 0 Å². The molecule has 1 aliphatic carbocycles. The Balaban J connectivity index is 1.23. The summed E-state index contributed by atoms with van der Waals surface area (Å²) in [6.45, 7) is 4.83. The van der Waals surface area contributed by atoms with Crippen LogP contribution in [0.2, 0.25) is 0 Å². The van der Waals surface area contributed by atoms with Gasteiger partial charge in [-0.25, -0.2) is 4.98 Å². The van der Waals surface area contributed by atoms with Crippen molar-refractivity contribution in [2.75, 3.05) is 0 Å². The van der Waals surface area contributed by atoms with Gasteiger partial charge in [-0.05, 0) is 77.4 Å². The zero-order valence-electron chi connectivity index (χ0n) is 27.7. The molecular weight excluding hydrogens is 627 g/mol. The molecule has 3 aromatic heterocycles. The lowest BCUT2D eigenvalue weighted by Crippen LogP contribution is -2.15. The number of thiophene rings is 1. The van der Waals surface area contributed by atoms with Crippen LogP contribution in [0.4, 0.5) is 0 Å². The molecule has 7 aromatic carbocycles. The summed E-state index contributed by atoms with van der Waals surface area (Å²) in [6, 6.07) is 55.0. The zero-order chi connectivity index (χ0) is 33.1. The molecule has 0 amide bonds. The van der Waals surface area contributed by atoms with Gasteiger partial charge in [-0.2, -0.15) is 0 Å². The van der Waals surface area contributed by atoms with Crippen molar-refractivity contribution in [3.8, 4) is 33.9 Å². The summed E-state index contributed by atoms with van der Waals surface area (Å²) in [5.74, 6) is 0.940. The minimum Gasteiger partial charge on any atom is -0.309 e. The van der Waals surface area contributed by atoms with Crippen molar-refractivity contribution >= 4 is 64.3 Å². The lowest BCUT2D eigenvalue weighted by molar-refractivity contribution is 0.667. The van der Waals surface area contributed by atoms with Gasteiger partial charge in [-0.3, -0.25) is 4.57 Å². The highest BCUT2D eigenvalue weighted by Gasteiger charge is 2.40. The predicted octanol–water partition coefficient (Wildman–Crippen LogP) is 12.5. The van der Waals surface area contributed by atoms with E-state index in [-0.39, 0.29) is 5.41 Å².